The molecule has 0 bridgehead atoms. The lowest BCUT2D eigenvalue weighted by molar-refractivity contribution is -0.123. The van der Waals surface area contributed by atoms with Crippen LogP contribution in [0.4, 0.5) is 5.69 Å². The van der Waals surface area contributed by atoms with E-state index in [2.05, 4.69) is 0 Å². The molecule has 2 amide bonds. The van der Waals surface area contributed by atoms with Crippen LogP contribution in [-0.4, -0.2) is 35.6 Å². The summed E-state index contributed by atoms with van der Waals surface area (Å²) in [4.78, 5) is 55.7. The largest absolute Gasteiger partial charge is 0.503 e. The molecule has 1 saturated heterocycles. The molecule has 1 N–H and O–H groups in total. The first-order valence-corrected chi connectivity index (χ1v) is 13.8. The van der Waals surface area contributed by atoms with E-state index in [1.807, 2.05) is 25.1 Å². The standard InChI is InChI=1S/C32H28ClNO6/c1-4-16-5-7-18(8-6-16)34-31(38)20-10-9-19-21(27(20)32(34)39)14-22-24(35)11-15(2)29(36)28(22)26(19)17-12-23(33)30(37)25(13-17)40-3/h5-9,11-13,20-21,26-27,37H,4,10,14H2,1-3H3/t20-,21+,26-,27-/m0/s1. The molecule has 2 aromatic rings. The fraction of sp³-hybridized carbons (Fsp3) is 0.312. The van der Waals surface area contributed by atoms with E-state index in [0.29, 0.717) is 34.4 Å². The number of phenolic OH excluding ortho intramolecular Hbond substituents is 1. The van der Waals surface area contributed by atoms with Crippen LogP contribution in [0, 0.1) is 17.8 Å². The van der Waals surface area contributed by atoms with E-state index in [9.17, 15) is 24.3 Å². The van der Waals surface area contributed by atoms with Gasteiger partial charge in [0.15, 0.2) is 23.1 Å². The summed E-state index contributed by atoms with van der Waals surface area (Å²) in [5.41, 5.74) is 4.08. The van der Waals surface area contributed by atoms with Crippen molar-refractivity contribution in [3.05, 3.63) is 87.0 Å². The minimum atomic E-state index is -0.678. The maximum absolute atomic E-state index is 14.0. The number of ketones is 2. The lowest BCUT2D eigenvalue weighted by Crippen LogP contribution is -2.39. The van der Waals surface area contributed by atoms with Gasteiger partial charge in [-0.05, 0) is 73.6 Å². The number of imide groups is 1. The number of nitrogens with zero attached hydrogens (tertiary/aromatic N) is 1. The van der Waals surface area contributed by atoms with Gasteiger partial charge in [0.1, 0.15) is 0 Å². The molecule has 1 fully saturated rings. The highest BCUT2D eigenvalue weighted by Gasteiger charge is 2.56. The van der Waals surface area contributed by atoms with Gasteiger partial charge >= 0.3 is 0 Å². The van der Waals surface area contributed by atoms with Crippen LogP contribution in [0.1, 0.15) is 43.7 Å². The summed E-state index contributed by atoms with van der Waals surface area (Å²) in [7, 11) is 1.40. The molecule has 0 spiro atoms. The number of fused-ring (bicyclic) bond motifs is 3. The number of aromatic hydroxyl groups is 1. The van der Waals surface area contributed by atoms with Crippen molar-refractivity contribution in [3.8, 4) is 11.5 Å². The van der Waals surface area contributed by atoms with Gasteiger partial charge in [-0.2, -0.15) is 0 Å². The van der Waals surface area contributed by atoms with E-state index in [-0.39, 0.29) is 46.3 Å². The lowest BCUT2D eigenvalue weighted by Gasteiger charge is -2.42. The number of carbonyl (C=O) groups is 4. The molecule has 2 aromatic carbocycles. The molecule has 1 heterocycles. The summed E-state index contributed by atoms with van der Waals surface area (Å²) in [6.45, 7) is 3.65. The zero-order valence-corrected chi connectivity index (χ0v) is 23.1. The third-order valence-electron chi connectivity index (χ3n) is 8.77. The van der Waals surface area contributed by atoms with Gasteiger partial charge < -0.3 is 9.84 Å². The van der Waals surface area contributed by atoms with Gasteiger partial charge in [-0.15, -0.1) is 0 Å². The predicted molar refractivity (Wildman–Crippen MR) is 149 cm³/mol. The van der Waals surface area contributed by atoms with E-state index in [1.54, 1.807) is 31.2 Å². The third kappa shape index (κ3) is 3.79. The Bertz CT molecular complexity index is 1600. The Hall–Kier alpha value is -3.97. The number of methoxy groups -OCH3 is 1. The van der Waals surface area contributed by atoms with Crippen molar-refractivity contribution < 1.29 is 29.0 Å². The van der Waals surface area contributed by atoms with Gasteiger partial charge in [0.05, 0.1) is 29.7 Å². The molecule has 3 aliphatic carbocycles. The summed E-state index contributed by atoms with van der Waals surface area (Å²) in [5, 5.41) is 10.4. The molecule has 0 unspecified atom stereocenters. The smallest absolute Gasteiger partial charge is 0.238 e. The highest BCUT2D eigenvalue weighted by atomic mass is 35.5. The number of anilines is 1. The molecule has 8 heteroatoms. The monoisotopic (exact) mass is 557 g/mol. The highest BCUT2D eigenvalue weighted by molar-refractivity contribution is 6.32. The van der Waals surface area contributed by atoms with Crippen molar-refractivity contribution in [3.63, 3.8) is 0 Å². The summed E-state index contributed by atoms with van der Waals surface area (Å²) < 4.78 is 5.34. The van der Waals surface area contributed by atoms with Crippen LogP contribution in [-0.2, 0) is 25.6 Å². The molecule has 4 aliphatic rings. The first-order chi connectivity index (χ1) is 19.2. The number of aryl methyl sites for hydroxylation is 1. The average molecular weight is 558 g/mol. The fourth-order valence-corrected chi connectivity index (χ4v) is 7.01. The number of phenols is 1. The summed E-state index contributed by atoms with van der Waals surface area (Å²) >= 11 is 6.37. The SMILES string of the molecule is CCc1ccc(N2C(=O)[C@H]3[C@H](CC=C4[C@H](c5cc(Cl)c(O)c(OC)c5)C5=C(C[C@H]43)C(=O)C=C(C)C5=O)C2=O)cc1. The lowest BCUT2D eigenvalue weighted by atomic mass is 9.59. The van der Waals surface area contributed by atoms with Crippen LogP contribution >= 0.6 is 11.6 Å². The van der Waals surface area contributed by atoms with Crippen LogP contribution in [0.2, 0.25) is 5.02 Å². The van der Waals surface area contributed by atoms with Crippen molar-refractivity contribution in [2.75, 3.05) is 12.0 Å². The third-order valence-corrected chi connectivity index (χ3v) is 9.06. The summed E-state index contributed by atoms with van der Waals surface area (Å²) in [6.07, 6.45) is 4.67. The number of ether oxygens (including phenoxy) is 1. The maximum Gasteiger partial charge on any atom is 0.238 e. The molecule has 4 atom stereocenters. The van der Waals surface area contributed by atoms with E-state index in [4.69, 9.17) is 16.3 Å². The minimum Gasteiger partial charge on any atom is -0.503 e. The van der Waals surface area contributed by atoms with Crippen molar-refractivity contribution >= 4 is 40.7 Å². The fourth-order valence-electron chi connectivity index (χ4n) is 6.79. The molecule has 0 aromatic heterocycles. The first kappa shape index (κ1) is 26.3. The number of hydrogen-bond donors (Lipinski definition) is 1. The highest BCUT2D eigenvalue weighted by Crippen LogP contribution is 2.56. The zero-order valence-electron chi connectivity index (χ0n) is 22.4. The Morgan fingerprint density at radius 2 is 1.77 bits per heavy atom. The number of allylic oxidation sites excluding steroid dienone is 6. The van der Waals surface area contributed by atoms with Crippen molar-refractivity contribution in [2.45, 2.75) is 39.0 Å². The number of benzene rings is 2. The molecule has 1 aliphatic heterocycles. The van der Waals surface area contributed by atoms with E-state index < -0.39 is 23.7 Å². The Kier molecular flexibility index (Phi) is 6.30. The second-order valence-electron chi connectivity index (χ2n) is 10.8. The molecule has 0 radical (unpaired) electrons. The number of rotatable bonds is 4. The van der Waals surface area contributed by atoms with E-state index in [0.717, 1.165) is 17.6 Å². The molecule has 0 saturated carbocycles. The predicted octanol–water partition coefficient (Wildman–Crippen LogP) is 5.25. The van der Waals surface area contributed by atoms with Gasteiger partial charge in [0.25, 0.3) is 0 Å². The molecular weight excluding hydrogens is 530 g/mol. The van der Waals surface area contributed by atoms with Gasteiger partial charge in [-0.3, -0.25) is 24.1 Å². The second kappa shape index (κ2) is 9.59. The number of hydrogen-bond acceptors (Lipinski definition) is 6. The first-order valence-electron chi connectivity index (χ1n) is 13.4. The van der Waals surface area contributed by atoms with Gasteiger partial charge in [0.2, 0.25) is 11.8 Å². The molecule has 6 rings (SSSR count). The van der Waals surface area contributed by atoms with Gasteiger partial charge in [-0.1, -0.05) is 42.3 Å². The second-order valence-corrected chi connectivity index (χ2v) is 11.2. The molecular formula is C32H28ClNO6. The summed E-state index contributed by atoms with van der Waals surface area (Å²) in [6, 6.07) is 10.6. The molecule has 7 nitrogen and oxygen atoms in total. The minimum absolute atomic E-state index is 0.0450. The Morgan fingerprint density at radius 1 is 1.05 bits per heavy atom. The quantitative estimate of drug-likeness (QED) is 0.313. The Morgan fingerprint density at radius 3 is 2.45 bits per heavy atom. The normalized spacial score (nSPS) is 25.9. The van der Waals surface area contributed by atoms with Crippen LogP contribution in [0.15, 0.2) is 70.8 Å². The maximum atomic E-state index is 14.0. The van der Waals surface area contributed by atoms with Crippen LogP contribution in [0.25, 0.3) is 0 Å². The van der Waals surface area contributed by atoms with Gasteiger partial charge in [-0.25, -0.2) is 0 Å². The average Bonchev–Trinajstić information content (AvgIpc) is 3.21. The number of amides is 2. The molecule has 40 heavy (non-hydrogen) atoms. The van der Waals surface area contributed by atoms with Crippen molar-refractivity contribution in [2.24, 2.45) is 17.8 Å². The van der Waals surface area contributed by atoms with Crippen molar-refractivity contribution in [1.82, 2.24) is 0 Å². The Labute approximate surface area is 236 Å². The van der Waals surface area contributed by atoms with Crippen LogP contribution in [0.5, 0.6) is 11.5 Å². The zero-order chi connectivity index (χ0) is 28.5. The van der Waals surface area contributed by atoms with Crippen molar-refractivity contribution in [1.29, 1.82) is 0 Å². The van der Waals surface area contributed by atoms with E-state index in [1.165, 1.54) is 18.1 Å². The van der Waals surface area contributed by atoms with Crippen LogP contribution < -0.4 is 9.64 Å². The number of carbonyl (C=O) groups excluding carboxylic acids is 4. The van der Waals surface area contributed by atoms with Gasteiger partial charge in [0, 0.05) is 22.6 Å². The van der Waals surface area contributed by atoms with Crippen LogP contribution in [0.3, 0.4) is 0 Å². The summed E-state index contributed by atoms with van der Waals surface area (Å²) in [5.74, 6) is -3.49. The van der Waals surface area contributed by atoms with E-state index >= 15 is 0 Å². The number of Topliss-reactive ketones (excluding diaryl/α,β-unsaturated/α-hetero) is 1. The Balaban J connectivity index is 1.49. The topological polar surface area (TPSA) is 101 Å². The molecule has 204 valence electrons. The number of halogens is 1.